The van der Waals surface area contributed by atoms with Gasteiger partial charge in [0.2, 0.25) is 0 Å². The number of aromatic nitrogens is 2. The largest absolute Gasteiger partial charge is 0.379 e. The highest BCUT2D eigenvalue weighted by molar-refractivity contribution is 5.42. The van der Waals surface area contributed by atoms with Gasteiger partial charge in [0.15, 0.2) is 0 Å². The van der Waals surface area contributed by atoms with Crippen molar-refractivity contribution in [3.8, 4) is 0 Å². The van der Waals surface area contributed by atoms with E-state index in [0.717, 1.165) is 38.5 Å². The summed E-state index contributed by atoms with van der Waals surface area (Å²) in [4.78, 5) is 26.4. The summed E-state index contributed by atoms with van der Waals surface area (Å²) in [5.74, 6) is 0.384. The summed E-state index contributed by atoms with van der Waals surface area (Å²) in [6.07, 6.45) is 9.51. The summed E-state index contributed by atoms with van der Waals surface area (Å²) in [7, 11) is 3.46. The van der Waals surface area contributed by atoms with Crippen LogP contribution in [-0.4, -0.2) is 47.6 Å². The second-order valence-corrected chi connectivity index (χ2v) is 10.8. The highest BCUT2D eigenvalue weighted by Gasteiger charge is 2.37. The number of nitrogens with zero attached hydrogens (tertiary/aromatic N) is 2. The van der Waals surface area contributed by atoms with Gasteiger partial charge in [-0.25, -0.2) is 0 Å². The van der Waals surface area contributed by atoms with Crippen LogP contribution in [0.25, 0.3) is 0 Å². The van der Waals surface area contributed by atoms with Gasteiger partial charge in [-0.1, -0.05) is 0 Å². The van der Waals surface area contributed by atoms with Crippen LogP contribution in [0.5, 0.6) is 0 Å². The standard InChI is InChI=1S/C28H42N4O4/c1-18(2)29-21-9-7-14-32(27(21)33)24-16-20(17-26(24)36-5)15-19(3)30-22-10-8-13-31(28(22)34)23-11-6-12-25(23)35-4/h7-10,13-14,18-20,23-26,29-30H,6,11-12,15-17H2,1-5H3/t19?,20?,23-,24+,25-,26-/m0/s1. The van der Waals surface area contributed by atoms with Gasteiger partial charge in [0, 0.05) is 38.7 Å². The zero-order valence-electron chi connectivity index (χ0n) is 22.3. The van der Waals surface area contributed by atoms with Crippen LogP contribution in [0, 0.1) is 5.92 Å². The molecule has 2 N–H and O–H groups in total. The first kappa shape index (κ1) is 26.5. The third-order valence-corrected chi connectivity index (χ3v) is 7.79. The number of hydrogen-bond donors (Lipinski definition) is 2. The van der Waals surface area contributed by atoms with E-state index in [-0.39, 0.29) is 47.5 Å². The number of hydrogen-bond acceptors (Lipinski definition) is 6. The predicted octanol–water partition coefficient (Wildman–Crippen LogP) is 4.43. The van der Waals surface area contributed by atoms with Gasteiger partial charge in [-0.2, -0.15) is 0 Å². The number of ether oxygens (including phenoxy) is 2. The van der Waals surface area contributed by atoms with E-state index in [1.54, 1.807) is 14.2 Å². The topological polar surface area (TPSA) is 86.5 Å². The van der Waals surface area contributed by atoms with Crippen LogP contribution in [0.1, 0.15) is 71.4 Å². The lowest BCUT2D eigenvalue weighted by Gasteiger charge is -2.23. The van der Waals surface area contributed by atoms with E-state index in [1.807, 2.05) is 59.6 Å². The zero-order valence-corrected chi connectivity index (χ0v) is 22.3. The van der Waals surface area contributed by atoms with Gasteiger partial charge in [-0.3, -0.25) is 9.59 Å². The molecule has 0 aliphatic heterocycles. The van der Waals surface area contributed by atoms with Crippen LogP contribution < -0.4 is 21.8 Å². The molecule has 2 aromatic rings. The molecule has 8 nitrogen and oxygen atoms in total. The fraction of sp³-hybridized carbons (Fsp3) is 0.643. The maximum absolute atomic E-state index is 13.3. The molecule has 2 heterocycles. The molecule has 36 heavy (non-hydrogen) atoms. The van der Waals surface area contributed by atoms with E-state index in [2.05, 4.69) is 17.6 Å². The quantitative estimate of drug-likeness (QED) is 0.504. The first-order valence-electron chi connectivity index (χ1n) is 13.3. The Hall–Kier alpha value is -2.58. The Morgan fingerprint density at radius 3 is 2.08 bits per heavy atom. The molecule has 2 saturated carbocycles. The van der Waals surface area contributed by atoms with E-state index in [9.17, 15) is 9.59 Å². The Morgan fingerprint density at radius 2 is 1.47 bits per heavy atom. The Balaban J connectivity index is 1.44. The van der Waals surface area contributed by atoms with Crippen molar-refractivity contribution in [1.82, 2.24) is 9.13 Å². The smallest absolute Gasteiger partial charge is 0.274 e. The minimum atomic E-state index is -0.0171. The first-order chi connectivity index (χ1) is 17.3. The van der Waals surface area contributed by atoms with Gasteiger partial charge in [0.05, 0.1) is 24.3 Å². The van der Waals surface area contributed by atoms with Gasteiger partial charge in [-0.05, 0) is 89.5 Å². The number of methoxy groups -OCH3 is 2. The summed E-state index contributed by atoms with van der Waals surface area (Å²) in [6.45, 7) is 6.18. The van der Waals surface area contributed by atoms with Gasteiger partial charge in [0.25, 0.3) is 11.1 Å². The molecule has 198 valence electrons. The summed E-state index contributed by atoms with van der Waals surface area (Å²) in [6, 6.07) is 7.97. The van der Waals surface area contributed by atoms with E-state index < -0.39 is 0 Å². The molecule has 2 aromatic heterocycles. The molecule has 8 heteroatoms. The summed E-state index contributed by atoms with van der Waals surface area (Å²) in [5.41, 5.74) is 1.27. The lowest BCUT2D eigenvalue weighted by molar-refractivity contribution is 0.0721. The average Bonchev–Trinajstić information content (AvgIpc) is 3.48. The molecule has 0 radical (unpaired) electrons. The van der Waals surface area contributed by atoms with Crippen molar-refractivity contribution in [2.24, 2.45) is 5.92 Å². The number of nitrogens with one attached hydrogen (secondary N) is 2. The van der Waals surface area contributed by atoms with E-state index in [0.29, 0.717) is 17.3 Å². The minimum absolute atomic E-state index is 0.00353. The van der Waals surface area contributed by atoms with Crippen LogP contribution >= 0.6 is 0 Å². The number of rotatable bonds is 10. The van der Waals surface area contributed by atoms with Gasteiger partial charge in [0.1, 0.15) is 11.4 Å². The van der Waals surface area contributed by atoms with Crippen molar-refractivity contribution in [2.45, 2.75) is 95.7 Å². The molecule has 0 bridgehead atoms. The Kier molecular flexibility index (Phi) is 8.57. The molecule has 0 saturated heterocycles. The van der Waals surface area contributed by atoms with Crippen molar-refractivity contribution in [3.05, 3.63) is 57.4 Å². The van der Waals surface area contributed by atoms with E-state index >= 15 is 0 Å². The second kappa shape index (κ2) is 11.6. The van der Waals surface area contributed by atoms with Crippen LogP contribution in [0.2, 0.25) is 0 Å². The highest BCUT2D eigenvalue weighted by atomic mass is 16.5. The van der Waals surface area contributed by atoms with Crippen LogP contribution in [-0.2, 0) is 9.47 Å². The SMILES string of the molecule is CO[C@H]1CC(CC(C)Nc2cccn([C@H]3CCC[C@@H]3OC)c2=O)C[C@H]1n1cccc(NC(C)C)c1=O. The maximum Gasteiger partial charge on any atom is 0.274 e. The zero-order chi connectivity index (χ0) is 25.8. The molecule has 6 atom stereocenters. The Morgan fingerprint density at radius 1 is 0.861 bits per heavy atom. The molecule has 2 fully saturated rings. The van der Waals surface area contributed by atoms with Crippen molar-refractivity contribution in [3.63, 3.8) is 0 Å². The summed E-state index contributed by atoms with van der Waals surface area (Å²) < 4.78 is 15.1. The normalized spacial score (nSPS) is 26.9. The summed E-state index contributed by atoms with van der Waals surface area (Å²) >= 11 is 0. The van der Waals surface area contributed by atoms with Gasteiger partial charge >= 0.3 is 0 Å². The molecular weight excluding hydrogens is 456 g/mol. The lowest BCUT2D eigenvalue weighted by Crippen LogP contribution is -2.32. The van der Waals surface area contributed by atoms with Crippen molar-refractivity contribution < 1.29 is 9.47 Å². The third-order valence-electron chi connectivity index (χ3n) is 7.79. The molecule has 0 spiro atoms. The van der Waals surface area contributed by atoms with Crippen molar-refractivity contribution in [1.29, 1.82) is 0 Å². The fourth-order valence-corrected chi connectivity index (χ4v) is 6.21. The van der Waals surface area contributed by atoms with Crippen LogP contribution in [0.15, 0.2) is 46.2 Å². The third kappa shape index (κ3) is 5.70. The monoisotopic (exact) mass is 498 g/mol. The van der Waals surface area contributed by atoms with Crippen molar-refractivity contribution >= 4 is 11.4 Å². The van der Waals surface area contributed by atoms with Gasteiger partial charge in [-0.15, -0.1) is 0 Å². The van der Waals surface area contributed by atoms with Crippen molar-refractivity contribution in [2.75, 3.05) is 24.9 Å². The minimum Gasteiger partial charge on any atom is -0.379 e. The predicted molar refractivity (Wildman–Crippen MR) is 144 cm³/mol. The lowest BCUT2D eigenvalue weighted by atomic mass is 9.98. The van der Waals surface area contributed by atoms with Crippen LogP contribution in [0.4, 0.5) is 11.4 Å². The molecule has 2 aliphatic carbocycles. The molecule has 4 rings (SSSR count). The van der Waals surface area contributed by atoms with E-state index in [1.165, 1.54) is 0 Å². The van der Waals surface area contributed by atoms with E-state index in [4.69, 9.17) is 9.47 Å². The number of anilines is 2. The first-order valence-corrected chi connectivity index (χ1v) is 13.3. The number of pyridine rings is 2. The Labute approximate surface area is 214 Å². The molecule has 0 amide bonds. The maximum atomic E-state index is 13.3. The Bertz CT molecular complexity index is 1130. The average molecular weight is 499 g/mol. The van der Waals surface area contributed by atoms with Gasteiger partial charge < -0.3 is 29.2 Å². The highest BCUT2D eigenvalue weighted by Crippen LogP contribution is 2.39. The molecular formula is C28H42N4O4. The summed E-state index contributed by atoms with van der Waals surface area (Å²) in [5, 5.41) is 6.72. The second-order valence-electron chi connectivity index (χ2n) is 10.8. The molecule has 0 aromatic carbocycles. The molecule has 2 aliphatic rings. The fourth-order valence-electron chi connectivity index (χ4n) is 6.21. The molecule has 2 unspecified atom stereocenters. The van der Waals surface area contributed by atoms with Crippen LogP contribution in [0.3, 0.4) is 0 Å².